The molecule has 44 heavy (non-hydrogen) atoms. The molecule has 0 aromatic rings. The Labute approximate surface area is 265 Å². The first-order chi connectivity index (χ1) is 21.3. The third kappa shape index (κ3) is 18.2. The lowest BCUT2D eigenvalue weighted by molar-refractivity contribution is -0.302. The van der Waals surface area contributed by atoms with Gasteiger partial charge in [-0.3, -0.25) is 4.79 Å². The van der Waals surface area contributed by atoms with Crippen LogP contribution in [-0.4, -0.2) is 87.5 Å². The fourth-order valence-corrected chi connectivity index (χ4v) is 4.87. The first-order valence-electron chi connectivity index (χ1n) is 16.9. The molecule has 0 spiro atoms. The van der Waals surface area contributed by atoms with Gasteiger partial charge in [-0.25, -0.2) is 0 Å². The highest BCUT2D eigenvalue weighted by Crippen LogP contribution is 2.22. The lowest BCUT2D eigenvalue weighted by Crippen LogP contribution is -2.60. The summed E-state index contributed by atoms with van der Waals surface area (Å²) in [6.45, 7) is 3.51. The Morgan fingerprint density at radius 2 is 1.41 bits per heavy atom. The van der Waals surface area contributed by atoms with Crippen LogP contribution in [0.3, 0.4) is 0 Å². The minimum absolute atomic E-state index is 0.199. The van der Waals surface area contributed by atoms with Gasteiger partial charge in [0.05, 0.1) is 25.4 Å². The molecule has 0 aromatic heterocycles. The zero-order valence-corrected chi connectivity index (χ0v) is 27.1. The van der Waals surface area contributed by atoms with Crippen molar-refractivity contribution < 1.29 is 39.8 Å². The van der Waals surface area contributed by atoms with E-state index in [0.717, 1.165) is 89.9 Å². The second kappa shape index (κ2) is 26.4. The van der Waals surface area contributed by atoms with Crippen LogP contribution in [0.25, 0.3) is 0 Å². The van der Waals surface area contributed by atoms with E-state index in [4.69, 9.17) is 9.47 Å². The molecule has 0 saturated carbocycles. The summed E-state index contributed by atoms with van der Waals surface area (Å²) in [5.74, 6) is -0.205. The van der Waals surface area contributed by atoms with Crippen molar-refractivity contribution in [2.75, 3.05) is 13.2 Å². The first-order valence-corrected chi connectivity index (χ1v) is 16.9. The molecular weight excluding hydrogens is 562 g/mol. The maximum Gasteiger partial charge on any atom is 0.220 e. The van der Waals surface area contributed by atoms with Crippen molar-refractivity contribution in [3.8, 4) is 0 Å². The van der Waals surface area contributed by atoms with E-state index in [2.05, 4.69) is 55.6 Å². The lowest BCUT2D eigenvalue weighted by atomic mass is 9.99. The summed E-state index contributed by atoms with van der Waals surface area (Å²) >= 11 is 0. The molecule has 1 fully saturated rings. The molecule has 1 saturated heterocycles. The second-order valence-electron chi connectivity index (χ2n) is 11.6. The predicted octanol–water partition coefficient (Wildman–Crippen LogP) is 4.76. The van der Waals surface area contributed by atoms with Crippen LogP contribution in [-0.2, 0) is 14.3 Å². The molecule has 1 amide bonds. The quantitative estimate of drug-likeness (QED) is 0.0630. The Kier molecular flexibility index (Phi) is 24.1. The number of nitrogens with one attached hydrogen (secondary N) is 1. The highest BCUT2D eigenvalue weighted by molar-refractivity contribution is 5.76. The Morgan fingerprint density at radius 3 is 2.09 bits per heavy atom. The molecular formula is C35H61NO8. The average molecular weight is 624 g/mol. The molecule has 0 radical (unpaired) electrons. The van der Waals surface area contributed by atoms with Crippen molar-refractivity contribution in [1.29, 1.82) is 0 Å². The highest BCUT2D eigenvalue weighted by Gasteiger charge is 2.44. The third-order valence-electron chi connectivity index (χ3n) is 7.66. The van der Waals surface area contributed by atoms with Crippen molar-refractivity contribution in [3.05, 3.63) is 48.6 Å². The van der Waals surface area contributed by atoms with Crippen LogP contribution < -0.4 is 5.32 Å². The summed E-state index contributed by atoms with van der Waals surface area (Å²) in [7, 11) is 0. The average Bonchev–Trinajstić information content (AvgIpc) is 3.02. The monoisotopic (exact) mass is 623 g/mol. The van der Waals surface area contributed by atoms with E-state index in [9.17, 15) is 30.3 Å². The van der Waals surface area contributed by atoms with Gasteiger partial charge < -0.3 is 40.3 Å². The summed E-state index contributed by atoms with van der Waals surface area (Å²) in [5.41, 5.74) is 0. The van der Waals surface area contributed by atoms with Gasteiger partial charge >= 0.3 is 0 Å². The van der Waals surface area contributed by atoms with Gasteiger partial charge in [0.2, 0.25) is 5.91 Å². The summed E-state index contributed by atoms with van der Waals surface area (Å²) in [6.07, 6.45) is 23.3. The molecule has 1 aliphatic heterocycles. The highest BCUT2D eigenvalue weighted by atomic mass is 16.7. The number of carbonyl (C=O) groups is 1. The van der Waals surface area contributed by atoms with Gasteiger partial charge in [-0.05, 0) is 51.4 Å². The zero-order chi connectivity index (χ0) is 32.4. The molecule has 7 atom stereocenters. The number of rotatable bonds is 25. The number of amides is 1. The van der Waals surface area contributed by atoms with Crippen molar-refractivity contribution in [2.24, 2.45) is 0 Å². The fourth-order valence-electron chi connectivity index (χ4n) is 4.87. The van der Waals surface area contributed by atoms with Gasteiger partial charge in [0.15, 0.2) is 6.29 Å². The summed E-state index contributed by atoms with van der Waals surface area (Å²) in [4.78, 5) is 12.7. The van der Waals surface area contributed by atoms with E-state index in [1.54, 1.807) is 6.08 Å². The largest absolute Gasteiger partial charge is 0.394 e. The molecule has 6 N–H and O–H groups in total. The topological polar surface area (TPSA) is 149 Å². The minimum atomic E-state index is -1.57. The van der Waals surface area contributed by atoms with E-state index in [0.29, 0.717) is 6.42 Å². The van der Waals surface area contributed by atoms with E-state index < -0.39 is 49.5 Å². The van der Waals surface area contributed by atoms with Crippen molar-refractivity contribution in [3.63, 3.8) is 0 Å². The van der Waals surface area contributed by atoms with Gasteiger partial charge in [0, 0.05) is 6.42 Å². The van der Waals surface area contributed by atoms with Gasteiger partial charge in [0.25, 0.3) is 0 Å². The Bertz CT molecular complexity index is 828. The number of ether oxygens (including phenoxy) is 2. The number of carbonyl (C=O) groups excluding carboxylic acids is 1. The number of allylic oxidation sites excluding steroid dienone is 7. The number of hydrogen-bond acceptors (Lipinski definition) is 8. The van der Waals surface area contributed by atoms with Gasteiger partial charge in [-0.15, -0.1) is 0 Å². The smallest absolute Gasteiger partial charge is 0.220 e. The number of aliphatic hydroxyl groups excluding tert-OH is 5. The van der Waals surface area contributed by atoms with Crippen molar-refractivity contribution in [1.82, 2.24) is 5.32 Å². The molecule has 0 aromatic carbocycles. The van der Waals surface area contributed by atoms with Crippen LogP contribution in [0.2, 0.25) is 0 Å². The molecule has 1 rings (SSSR count). The summed E-state index contributed by atoms with van der Waals surface area (Å²) in [5, 5.41) is 53.4. The maximum atomic E-state index is 12.7. The zero-order valence-electron chi connectivity index (χ0n) is 27.1. The van der Waals surface area contributed by atoms with Crippen molar-refractivity contribution >= 4 is 5.91 Å². The van der Waals surface area contributed by atoms with Crippen LogP contribution in [0.5, 0.6) is 0 Å². The first kappa shape index (κ1) is 40.2. The van der Waals surface area contributed by atoms with Gasteiger partial charge in [-0.1, -0.05) is 101 Å². The van der Waals surface area contributed by atoms with Crippen LogP contribution in [0.1, 0.15) is 110 Å². The molecule has 1 aliphatic rings. The molecule has 9 nitrogen and oxygen atoms in total. The normalized spacial score (nSPS) is 24.2. The Balaban J connectivity index is 2.45. The second-order valence-corrected chi connectivity index (χ2v) is 11.6. The van der Waals surface area contributed by atoms with E-state index in [-0.39, 0.29) is 12.5 Å². The molecule has 7 unspecified atom stereocenters. The van der Waals surface area contributed by atoms with Crippen LogP contribution in [0.15, 0.2) is 48.6 Å². The standard InChI is InChI=1S/C35H61NO8/c1-3-5-7-9-11-12-13-14-15-16-17-18-19-21-23-25-31(39)36-28(29(38)24-22-20-10-8-6-4-2)27-43-35-34(42)33(41)32(40)30(26-37)44-35/h5,7,11-12,14-15,22,24,28-30,32-35,37-38,40-42H,3-4,6,8-10,13,16-21,23,25-27H2,1-2H3,(H,36,39)/b7-5-,12-11-,15-14-,24-22+. The van der Waals surface area contributed by atoms with Crippen LogP contribution >= 0.6 is 0 Å². The van der Waals surface area contributed by atoms with Gasteiger partial charge in [0.1, 0.15) is 24.4 Å². The predicted molar refractivity (Wildman–Crippen MR) is 175 cm³/mol. The Hall–Kier alpha value is -1.85. The number of unbranched alkanes of at least 4 members (excludes halogenated alkanes) is 9. The third-order valence-corrected chi connectivity index (χ3v) is 7.66. The van der Waals surface area contributed by atoms with E-state index in [1.165, 1.54) is 0 Å². The fraction of sp³-hybridized carbons (Fsp3) is 0.743. The molecule has 9 heteroatoms. The molecule has 0 bridgehead atoms. The van der Waals surface area contributed by atoms with E-state index >= 15 is 0 Å². The minimum Gasteiger partial charge on any atom is -0.394 e. The summed E-state index contributed by atoms with van der Waals surface area (Å²) in [6, 6.07) is -0.809. The van der Waals surface area contributed by atoms with Gasteiger partial charge in [-0.2, -0.15) is 0 Å². The molecule has 1 heterocycles. The van der Waals surface area contributed by atoms with E-state index in [1.807, 2.05) is 6.08 Å². The molecule has 0 aliphatic carbocycles. The Morgan fingerprint density at radius 1 is 0.795 bits per heavy atom. The molecule has 254 valence electrons. The lowest BCUT2D eigenvalue weighted by Gasteiger charge is -2.40. The SMILES string of the molecule is CC/C=C\C/C=C\C/C=C\CCCCCCCC(=O)NC(COC1OC(CO)C(O)C(O)C1O)C(O)/C=C/CCCCCC. The maximum absolute atomic E-state index is 12.7. The summed E-state index contributed by atoms with van der Waals surface area (Å²) < 4.78 is 11.1. The van der Waals surface area contributed by atoms with Crippen molar-refractivity contribution in [2.45, 2.75) is 153 Å². The number of hydrogen-bond donors (Lipinski definition) is 6. The van der Waals surface area contributed by atoms with Crippen LogP contribution in [0, 0.1) is 0 Å². The van der Waals surface area contributed by atoms with Crippen LogP contribution in [0.4, 0.5) is 0 Å². The number of aliphatic hydroxyl groups is 5.